The molecule has 1 aliphatic rings. The lowest BCUT2D eigenvalue weighted by Crippen LogP contribution is -2.21. The molecule has 1 aromatic rings. The molecule has 0 aromatic heterocycles. The fraction of sp³-hybridized carbons (Fsp3) is 0.462. The fourth-order valence-corrected chi connectivity index (χ4v) is 1.91. The SMILES string of the molecule is CC(CN)C(=O)c1ccc2c(c1)CCCO2. The lowest BCUT2D eigenvalue weighted by molar-refractivity contribution is 0.0934. The molecule has 2 rings (SSSR count). The van der Waals surface area contributed by atoms with Gasteiger partial charge in [0.2, 0.25) is 0 Å². The summed E-state index contributed by atoms with van der Waals surface area (Å²) in [6, 6.07) is 5.67. The molecule has 1 aliphatic heterocycles. The van der Waals surface area contributed by atoms with Gasteiger partial charge < -0.3 is 10.5 Å². The number of ether oxygens (including phenoxy) is 1. The molecule has 1 heterocycles. The van der Waals surface area contributed by atoms with Crippen LogP contribution < -0.4 is 10.5 Å². The lowest BCUT2D eigenvalue weighted by Gasteiger charge is -2.18. The highest BCUT2D eigenvalue weighted by atomic mass is 16.5. The molecule has 1 unspecified atom stereocenters. The van der Waals surface area contributed by atoms with Crippen LogP contribution in [0.2, 0.25) is 0 Å². The number of carbonyl (C=O) groups is 1. The molecule has 16 heavy (non-hydrogen) atoms. The average molecular weight is 219 g/mol. The molecule has 0 radical (unpaired) electrons. The quantitative estimate of drug-likeness (QED) is 0.788. The number of carbonyl (C=O) groups excluding carboxylic acids is 1. The molecule has 86 valence electrons. The van der Waals surface area contributed by atoms with E-state index in [0.29, 0.717) is 6.54 Å². The normalized spacial score (nSPS) is 16.1. The largest absolute Gasteiger partial charge is 0.493 e. The first kappa shape index (κ1) is 11.1. The third-order valence-corrected chi connectivity index (χ3v) is 2.99. The molecule has 0 amide bonds. The van der Waals surface area contributed by atoms with Crippen molar-refractivity contribution in [2.75, 3.05) is 13.2 Å². The van der Waals surface area contributed by atoms with Gasteiger partial charge in [0.1, 0.15) is 5.75 Å². The van der Waals surface area contributed by atoms with Gasteiger partial charge in [-0.3, -0.25) is 4.79 Å². The van der Waals surface area contributed by atoms with Gasteiger partial charge in [0.15, 0.2) is 5.78 Å². The van der Waals surface area contributed by atoms with Gasteiger partial charge in [0, 0.05) is 18.0 Å². The number of aryl methyl sites for hydroxylation is 1. The van der Waals surface area contributed by atoms with Crippen molar-refractivity contribution in [3.63, 3.8) is 0 Å². The Hall–Kier alpha value is -1.35. The second kappa shape index (κ2) is 4.66. The summed E-state index contributed by atoms with van der Waals surface area (Å²) in [5.74, 6) is 0.932. The minimum Gasteiger partial charge on any atom is -0.493 e. The summed E-state index contributed by atoms with van der Waals surface area (Å²) < 4.78 is 5.51. The topological polar surface area (TPSA) is 52.3 Å². The number of ketones is 1. The Morgan fingerprint density at radius 2 is 2.38 bits per heavy atom. The zero-order valence-corrected chi connectivity index (χ0v) is 9.53. The zero-order valence-electron chi connectivity index (χ0n) is 9.53. The molecule has 0 saturated carbocycles. The van der Waals surface area contributed by atoms with E-state index in [4.69, 9.17) is 10.5 Å². The Balaban J connectivity index is 2.26. The third-order valence-electron chi connectivity index (χ3n) is 2.99. The van der Waals surface area contributed by atoms with Gasteiger partial charge in [-0.1, -0.05) is 6.92 Å². The third kappa shape index (κ3) is 2.09. The zero-order chi connectivity index (χ0) is 11.5. The van der Waals surface area contributed by atoms with Crippen molar-refractivity contribution in [1.29, 1.82) is 0 Å². The second-order valence-electron chi connectivity index (χ2n) is 4.28. The Morgan fingerprint density at radius 1 is 1.56 bits per heavy atom. The standard InChI is InChI=1S/C13H17NO2/c1-9(8-14)13(15)11-4-5-12-10(7-11)3-2-6-16-12/h4-5,7,9H,2-3,6,8,14H2,1H3. The molecule has 0 spiro atoms. The van der Waals surface area contributed by atoms with Crippen LogP contribution in [0.4, 0.5) is 0 Å². The van der Waals surface area contributed by atoms with Crippen LogP contribution in [0.3, 0.4) is 0 Å². The maximum absolute atomic E-state index is 11.9. The van der Waals surface area contributed by atoms with Gasteiger partial charge in [-0.15, -0.1) is 0 Å². The van der Waals surface area contributed by atoms with Gasteiger partial charge in [-0.05, 0) is 36.6 Å². The Kier molecular flexibility index (Phi) is 3.25. The molecule has 0 fully saturated rings. The predicted octanol–water partition coefficient (Wildman–Crippen LogP) is 1.79. The maximum Gasteiger partial charge on any atom is 0.166 e. The predicted molar refractivity (Wildman–Crippen MR) is 62.8 cm³/mol. The van der Waals surface area contributed by atoms with E-state index >= 15 is 0 Å². The summed E-state index contributed by atoms with van der Waals surface area (Å²) in [5, 5.41) is 0. The van der Waals surface area contributed by atoms with Crippen LogP contribution in [0.15, 0.2) is 18.2 Å². The highest BCUT2D eigenvalue weighted by Gasteiger charge is 2.17. The van der Waals surface area contributed by atoms with E-state index in [1.165, 1.54) is 0 Å². The van der Waals surface area contributed by atoms with E-state index in [1.807, 2.05) is 25.1 Å². The van der Waals surface area contributed by atoms with Crippen LogP contribution in [0.5, 0.6) is 5.75 Å². The molecule has 0 saturated heterocycles. The molecule has 2 N–H and O–H groups in total. The van der Waals surface area contributed by atoms with Gasteiger partial charge in [-0.25, -0.2) is 0 Å². The molecular weight excluding hydrogens is 202 g/mol. The van der Waals surface area contributed by atoms with Gasteiger partial charge in [0.05, 0.1) is 6.61 Å². The molecule has 0 bridgehead atoms. The lowest BCUT2D eigenvalue weighted by atomic mass is 9.96. The molecule has 3 nitrogen and oxygen atoms in total. The minimum atomic E-state index is -0.109. The summed E-state index contributed by atoms with van der Waals surface area (Å²) in [6.07, 6.45) is 2.02. The Morgan fingerprint density at radius 3 is 3.12 bits per heavy atom. The van der Waals surface area contributed by atoms with Crippen LogP contribution in [-0.4, -0.2) is 18.9 Å². The van der Waals surface area contributed by atoms with Gasteiger partial charge in [-0.2, -0.15) is 0 Å². The second-order valence-corrected chi connectivity index (χ2v) is 4.28. The number of hydrogen-bond acceptors (Lipinski definition) is 3. The van der Waals surface area contributed by atoms with E-state index < -0.39 is 0 Å². The van der Waals surface area contributed by atoms with Crippen molar-refractivity contribution < 1.29 is 9.53 Å². The number of rotatable bonds is 3. The maximum atomic E-state index is 11.9. The van der Waals surface area contributed by atoms with Crippen molar-refractivity contribution in [1.82, 2.24) is 0 Å². The molecule has 3 heteroatoms. The van der Waals surface area contributed by atoms with Crippen LogP contribution in [0.1, 0.15) is 29.3 Å². The van der Waals surface area contributed by atoms with Crippen LogP contribution >= 0.6 is 0 Å². The van der Waals surface area contributed by atoms with Crippen molar-refractivity contribution in [3.8, 4) is 5.75 Å². The number of benzene rings is 1. The van der Waals surface area contributed by atoms with Crippen molar-refractivity contribution >= 4 is 5.78 Å². The van der Waals surface area contributed by atoms with E-state index in [1.54, 1.807) is 0 Å². The molecule has 1 aromatic carbocycles. The highest BCUT2D eigenvalue weighted by Crippen LogP contribution is 2.26. The number of Topliss-reactive ketones (excluding diaryl/α,β-unsaturated/α-hetero) is 1. The molecule has 0 aliphatic carbocycles. The van der Waals surface area contributed by atoms with E-state index in [2.05, 4.69) is 0 Å². The first-order valence-corrected chi connectivity index (χ1v) is 5.72. The monoisotopic (exact) mass is 219 g/mol. The Labute approximate surface area is 95.6 Å². The van der Waals surface area contributed by atoms with Crippen LogP contribution in [0, 0.1) is 5.92 Å². The molecule has 1 atom stereocenters. The minimum absolute atomic E-state index is 0.109. The summed E-state index contributed by atoms with van der Waals surface area (Å²) in [5.41, 5.74) is 7.39. The van der Waals surface area contributed by atoms with Gasteiger partial charge >= 0.3 is 0 Å². The van der Waals surface area contributed by atoms with Crippen molar-refractivity contribution in [2.24, 2.45) is 11.7 Å². The Bertz CT molecular complexity index is 401. The van der Waals surface area contributed by atoms with Crippen molar-refractivity contribution in [3.05, 3.63) is 29.3 Å². The van der Waals surface area contributed by atoms with E-state index in [0.717, 1.165) is 36.3 Å². The highest BCUT2D eigenvalue weighted by molar-refractivity contribution is 5.98. The first-order chi connectivity index (χ1) is 7.72. The summed E-state index contributed by atoms with van der Waals surface area (Å²) in [4.78, 5) is 11.9. The first-order valence-electron chi connectivity index (χ1n) is 5.72. The number of hydrogen-bond donors (Lipinski definition) is 1. The van der Waals surface area contributed by atoms with Gasteiger partial charge in [0.25, 0.3) is 0 Å². The van der Waals surface area contributed by atoms with Crippen molar-refractivity contribution in [2.45, 2.75) is 19.8 Å². The molecular formula is C13H17NO2. The summed E-state index contributed by atoms with van der Waals surface area (Å²) in [6.45, 7) is 3.03. The average Bonchev–Trinajstić information content (AvgIpc) is 2.36. The van der Waals surface area contributed by atoms with E-state index in [-0.39, 0.29) is 11.7 Å². The number of nitrogens with two attached hydrogens (primary N) is 1. The summed E-state index contributed by atoms with van der Waals surface area (Å²) >= 11 is 0. The fourth-order valence-electron chi connectivity index (χ4n) is 1.91. The smallest absolute Gasteiger partial charge is 0.166 e. The van der Waals surface area contributed by atoms with Crippen LogP contribution in [0.25, 0.3) is 0 Å². The number of fused-ring (bicyclic) bond motifs is 1. The van der Waals surface area contributed by atoms with E-state index in [9.17, 15) is 4.79 Å². The van der Waals surface area contributed by atoms with Crippen LogP contribution in [-0.2, 0) is 6.42 Å². The summed E-state index contributed by atoms with van der Waals surface area (Å²) in [7, 11) is 0.